The maximum Gasteiger partial charge on any atom is 0.243 e. The van der Waals surface area contributed by atoms with Gasteiger partial charge in [0.2, 0.25) is 15.9 Å². The number of nitrogens with zero attached hydrogens (tertiary/aromatic N) is 2. The molecule has 0 unspecified atom stereocenters. The summed E-state index contributed by atoms with van der Waals surface area (Å²) in [6.45, 7) is 0.193. The Hall–Kier alpha value is -2.19. The highest BCUT2D eigenvalue weighted by molar-refractivity contribution is 7.89. The lowest BCUT2D eigenvalue weighted by molar-refractivity contribution is 0.166. The van der Waals surface area contributed by atoms with E-state index in [0.717, 1.165) is 30.4 Å². The molecule has 0 radical (unpaired) electrons. The lowest BCUT2D eigenvalue weighted by Crippen LogP contribution is -2.42. The predicted octanol–water partition coefficient (Wildman–Crippen LogP) is 4.35. The van der Waals surface area contributed by atoms with Crippen LogP contribution in [0.3, 0.4) is 0 Å². The first-order valence-corrected chi connectivity index (χ1v) is 11.7. The average Bonchev–Trinajstić information content (AvgIpc) is 3.44. The van der Waals surface area contributed by atoms with Gasteiger partial charge in [-0.1, -0.05) is 30.2 Å². The van der Waals surface area contributed by atoms with Crippen molar-refractivity contribution in [1.29, 1.82) is 0 Å². The first-order chi connectivity index (χ1) is 14.5. The Labute approximate surface area is 181 Å². The summed E-state index contributed by atoms with van der Waals surface area (Å²) in [5.74, 6) is 0.446. The van der Waals surface area contributed by atoms with Crippen LogP contribution in [0.4, 0.5) is 0 Å². The van der Waals surface area contributed by atoms with Gasteiger partial charge < -0.3 is 9.52 Å². The molecule has 1 aliphatic carbocycles. The van der Waals surface area contributed by atoms with Gasteiger partial charge in [0.15, 0.2) is 0 Å². The first-order valence-electron chi connectivity index (χ1n) is 9.86. The normalized spacial score (nSPS) is 19.4. The Balaban J connectivity index is 1.66. The highest BCUT2D eigenvalue weighted by Gasteiger charge is 2.38. The molecule has 1 aliphatic rings. The van der Waals surface area contributed by atoms with E-state index < -0.39 is 10.0 Å². The number of rotatable bonds is 7. The Morgan fingerprint density at radius 2 is 1.83 bits per heavy atom. The molecule has 0 aliphatic heterocycles. The Bertz CT molecular complexity index is 1070. The van der Waals surface area contributed by atoms with Crippen LogP contribution in [0.5, 0.6) is 0 Å². The van der Waals surface area contributed by atoms with Crippen molar-refractivity contribution < 1.29 is 17.9 Å². The molecule has 0 bridgehead atoms. The Kier molecular flexibility index (Phi) is 6.24. The topological polar surface area (TPSA) is 83.6 Å². The summed E-state index contributed by atoms with van der Waals surface area (Å²) in [7, 11) is -3.76. The monoisotopic (exact) mass is 446 g/mol. The van der Waals surface area contributed by atoms with Gasteiger partial charge in [0, 0.05) is 29.8 Å². The molecule has 0 saturated heterocycles. The van der Waals surface area contributed by atoms with Crippen LogP contribution in [-0.4, -0.2) is 35.5 Å². The van der Waals surface area contributed by atoms with E-state index in [0.29, 0.717) is 10.9 Å². The summed E-state index contributed by atoms with van der Waals surface area (Å²) in [5, 5.41) is 10.3. The Morgan fingerprint density at radius 3 is 2.47 bits per heavy atom. The van der Waals surface area contributed by atoms with E-state index in [1.807, 2.05) is 24.3 Å². The average molecular weight is 447 g/mol. The van der Waals surface area contributed by atoms with Gasteiger partial charge in [-0.25, -0.2) is 13.4 Å². The molecule has 1 N–H and O–H groups in total. The van der Waals surface area contributed by atoms with Crippen LogP contribution >= 0.6 is 11.6 Å². The van der Waals surface area contributed by atoms with E-state index in [-0.39, 0.29) is 30.0 Å². The summed E-state index contributed by atoms with van der Waals surface area (Å²) >= 11 is 5.95. The first kappa shape index (κ1) is 21.1. The molecular formula is C22H23ClN2O4S. The molecule has 1 fully saturated rings. The quantitative estimate of drug-likeness (QED) is 0.583. The minimum Gasteiger partial charge on any atom is -0.445 e. The van der Waals surface area contributed by atoms with Crippen LogP contribution in [0.2, 0.25) is 5.02 Å². The van der Waals surface area contributed by atoms with Gasteiger partial charge in [-0.05, 0) is 60.7 Å². The van der Waals surface area contributed by atoms with E-state index in [1.165, 1.54) is 22.7 Å². The molecule has 0 spiro atoms. The fourth-order valence-corrected chi connectivity index (χ4v) is 5.86. The molecular weight excluding hydrogens is 424 g/mol. The van der Waals surface area contributed by atoms with E-state index in [9.17, 15) is 13.5 Å². The van der Waals surface area contributed by atoms with Crippen molar-refractivity contribution in [2.75, 3.05) is 6.61 Å². The second-order valence-electron chi connectivity index (χ2n) is 7.48. The fraction of sp³-hybridized carbons (Fsp3) is 0.318. The van der Waals surface area contributed by atoms with Crippen LogP contribution in [0.15, 0.2) is 70.3 Å². The number of aliphatic hydroxyl groups excluding tert-OH is 1. The maximum atomic E-state index is 13.5. The summed E-state index contributed by atoms with van der Waals surface area (Å²) in [6.07, 6.45) is 5.53. The molecule has 2 aromatic carbocycles. The van der Waals surface area contributed by atoms with Gasteiger partial charge >= 0.3 is 0 Å². The third-order valence-corrected chi connectivity index (χ3v) is 7.75. The van der Waals surface area contributed by atoms with Crippen molar-refractivity contribution in [3.05, 3.63) is 71.6 Å². The van der Waals surface area contributed by atoms with Crippen LogP contribution in [0.25, 0.3) is 11.5 Å². The molecule has 158 valence electrons. The van der Waals surface area contributed by atoms with Gasteiger partial charge in [0.1, 0.15) is 6.26 Å². The molecule has 1 heterocycles. The molecule has 1 saturated carbocycles. The van der Waals surface area contributed by atoms with Crippen molar-refractivity contribution in [3.63, 3.8) is 0 Å². The smallest absolute Gasteiger partial charge is 0.243 e. The van der Waals surface area contributed by atoms with Crippen LogP contribution in [-0.2, 0) is 16.6 Å². The second-order valence-corrected chi connectivity index (χ2v) is 9.81. The van der Waals surface area contributed by atoms with E-state index in [4.69, 9.17) is 16.0 Å². The van der Waals surface area contributed by atoms with Crippen LogP contribution in [0, 0.1) is 5.92 Å². The second kappa shape index (κ2) is 8.89. The van der Waals surface area contributed by atoms with E-state index in [1.54, 1.807) is 18.3 Å². The van der Waals surface area contributed by atoms with Gasteiger partial charge in [-0.2, -0.15) is 4.31 Å². The summed E-state index contributed by atoms with van der Waals surface area (Å²) in [6, 6.07) is 13.5. The third-order valence-electron chi connectivity index (χ3n) is 5.62. The van der Waals surface area contributed by atoms with Gasteiger partial charge in [-0.3, -0.25) is 0 Å². The number of hydrogen-bond donors (Lipinski definition) is 1. The van der Waals surface area contributed by atoms with Crippen molar-refractivity contribution in [2.45, 2.75) is 36.7 Å². The molecule has 6 nitrogen and oxygen atoms in total. The summed E-state index contributed by atoms with van der Waals surface area (Å²) in [4.78, 5) is 4.34. The largest absolute Gasteiger partial charge is 0.445 e. The third kappa shape index (κ3) is 4.30. The SMILES string of the molecule is O=S(=O)(c1ccc(Cl)cc1)N(Cc1ccc(-c2ncco2)cc1)[C@H]1CCC[C@H]1CO. The highest BCUT2D eigenvalue weighted by Crippen LogP contribution is 2.35. The number of hydrogen-bond acceptors (Lipinski definition) is 5. The van der Waals surface area contributed by atoms with Crippen LogP contribution < -0.4 is 0 Å². The van der Waals surface area contributed by atoms with E-state index >= 15 is 0 Å². The number of oxazole rings is 1. The number of benzene rings is 2. The lowest BCUT2D eigenvalue weighted by Gasteiger charge is -2.32. The van der Waals surface area contributed by atoms with Crippen molar-refractivity contribution >= 4 is 21.6 Å². The number of aliphatic hydroxyl groups is 1. The number of sulfonamides is 1. The molecule has 2 atom stereocenters. The number of halogens is 1. The minimum absolute atomic E-state index is 0.0274. The van der Waals surface area contributed by atoms with E-state index in [2.05, 4.69) is 4.98 Å². The molecule has 0 amide bonds. The Morgan fingerprint density at radius 1 is 1.10 bits per heavy atom. The van der Waals surface area contributed by atoms with Crippen molar-refractivity contribution in [3.8, 4) is 11.5 Å². The summed E-state index contributed by atoms with van der Waals surface area (Å²) < 4.78 is 33.9. The van der Waals surface area contributed by atoms with Crippen LogP contribution in [0.1, 0.15) is 24.8 Å². The zero-order chi connectivity index (χ0) is 21.1. The maximum absolute atomic E-state index is 13.5. The summed E-state index contributed by atoms with van der Waals surface area (Å²) in [5.41, 5.74) is 1.68. The van der Waals surface area contributed by atoms with Gasteiger partial charge in [0.05, 0.1) is 11.1 Å². The minimum atomic E-state index is -3.76. The zero-order valence-corrected chi connectivity index (χ0v) is 17.9. The molecule has 30 heavy (non-hydrogen) atoms. The highest BCUT2D eigenvalue weighted by atomic mass is 35.5. The molecule has 4 rings (SSSR count). The molecule has 3 aromatic rings. The zero-order valence-electron chi connectivity index (χ0n) is 16.3. The van der Waals surface area contributed by atoms with Gasteiger partial charge in [0.25, 0.3) is 0 Å². The molecule has 8 heteroatoms. The standard InChI is InChI=1S/C22H23ClN2O4S/c23-19-8-10-20(11-9-19)30(27,28)25(21-3-1-2-18(21)15-26)14-16-4-6-17(7-5-16)22-24-12-13-29-22/h4-13,18,21,26H,1-3,14-15H2/t18-,21-/m0/s1. The van der Waals surface area contributed by atoms with Crippen molar-refractivity contribution in [2.24, 2.45) is 5.92 Å². The van der Waals surface area contributed by atoms with Crippen molar-refractivity contribution in [1.82, 2.24) is 9.29 Å². The van der Waals surface area contributed by atoms with Gasteiger partial charge in [-0.15, -0.1) is 0 Å². The lowest BCUT2D eigenvalue weighted by atomic mass is 10.0. The predicted molar refractivity (Wildman–Crippen MR) is 114 cm³/mol. The number of aromatic nitrogens is 1. The fourth-order valence-electron chi connectivity index (χ4n) is 4.03. The molecule has 1 aromatic heterocycles.